The van der Waals surface area contributed by atoms with E-state index < -0.39 is 23.4 Å². The number of nitriles is 1. The van der Waals surface area contributed by atoms with Gasteiger partial charge in [-0.1, -0.05) is 18.9 Å². The Morgan fingerprint density at radius 1 is 1.33 bits per heavy atom. The van der Waals surface area contributed by atoms with E-state index in [1.807, 2.05) is 18.2 Å². The van der Waals surface area contributed by atoms with Crippen LogP contribution in [-0.4, -0.2) is 47.9 Å². The van der Waals surface area contributed by atoms with E-state index in [0.717, 1.165) is 23.7 Å². The van der Waals surface area contributed by atoms with Crippen LogP contribution in [0.5, 0.6) is 5.75 Å². The Kier molecular flexibility index (Phi) is 6.27. The van der Waals surface area contributed by atoms with Crippen molar-refractivity contribution < 1.29 is 19.1 Å². The van der Waals surface area contributed by atoms with Crippen molar-refractivity contribution in [2.45, 2.75) is 50.6 Å². The molecule has 9 heteroatoms. The van der Waals surface area contributed by atoms with E-state index in [4.69, 9.17) is 4.74 Å². The van der Waals surface area contributed by atoms with E-state index >= 15 is 0 Å². The number of amides is 3. The second kappa shape index (κ2) is 9.14. The van der Waals surface area contributed by atoms with Gasteiger partial charge in [-0.15, -0.1) is 0 Å². The molecule has 4 rings (SSSR count). The number of benzene rings is 1. The fraction of sp³-hybridized carbons (Fsp3) is 0.500. The summed E-state index contributed by atoms with van der Waals surface area (Å²) in [5, 5.41) is 18.9. The van der Waals surface area contributed by atoms with Crippen molar-refractivity contribution in [3.05, 3.63) is 30.0 Å². The molecule has 0 bridgehead atoms. The van der Waals surface area contributed by atoms with Crippen LogP contribution in [0.2, 0.25) is 0 Å². The molecule has 0 unspecified atom stereocenters. The third kappa shape index (κ3) is 5.11. The SMILES string of the molecule is COc1cccc2[nH]c(C(=O)N[C@@H](CC3CC3)C(=O)N[C@](C)(C#N)C[C@@H]3CCNC3=O)cc12. The predicted octanol–water partition coefficient (Wildman–Crippen LogP) is 2.00. The van der Waals surface area contributed by atoms with E-state index in [-0.39, 0.29) is 18.2 Å². The van der Waals surface area contributed by atoms with E-state index in [1.165, 1.54) is 0 Å². The lowest BCUT2D eigenvalue weighted by Gasteiger charge is -2.28. The smallest absolute Gasteiger partial charge is 0.268 e. The van der Waals surface area contributed by atoms with Crippen LogP contribution in [-0.2, 0) is 9.59 Å². The van der Waals surface area contributed by atoms with Crippen LogP contribution < -0.4 is 20.7 Å². The molecule has 2 aliphatic rings. The van der Waals surface area contributed by atoms with E-state index in [9.17, 15) is 19.6 Å². The molecule has 3 atom stereocenters. The maximum absolute atomic E-state index is 13.2. The van der Waals surface area contributed by atoms with Gasteiger partial charge in [0.1, 0.15) is 23.0 Å². The monoisotopic (exact) mass is 451 g/mol. The van der Waals surface area contributed by atoms with Gasteiger partial charge in [0.15, 0.2) is 0 Å². The second-order valence-corrected chi connectivity index (χ2v) is 9.22. The van der Waals surface area contributed by atoms with Crippen molar-refractivity contribution in [2.75, 3.05) is 13.7 Å². The van der Waals surface area contributed by atoms with E-state index in [2.05, 4.69) is 27.0 Å². The first-order valence-electron chi connectivity index (χ1n) is 11.3. The Morgan fingerprint density at radius 2 is 2.12 bits per heavy atom. The summed E-state index contributed by atoms with van der Waals surface area (Å²) < 4.78 is 5.36. The molecule has 1 aromatic carbocycles. The van der Waals surface area contributed by atoms with Crippen molar-refractivity contribution in [3.63, 3.8) is 0 Å². The van der Waals surface area contributed by atoms with E-state index in [1.54, 1.807) is 20.1 Å². The first-order chi connectivity index (χ1) is 15.8. The van der Waals surface area contributed by atoms with Crippen molar-refractivity contribution in [3.8, 4) is 11.8 Å². The molecular formula is C24H29N5O4. The summed E-state index contributed by atoms with van der Waals surface area (Å²) in [5.41, 5.74) is -0.117. The fourth-order valence-electron chi connectivity index (χ4n) is 4.40. The number of H-pyrrole nitrogens is 1. The standard InChI is InChI=1S/C24H29N5O4/c1-24(13-25,12-15-8-9-26-21(15)30)29-23(32)18(10-14-6-7-14)28-22(31)19-11-16-17(27-19)4-3-5-20(16)33-2/h3-5,11,14-15,18,27H,6-10,12H2,1-2H3,(H,26,30)(H,28,31)(H,29,32)/t15-,18-,24-/m0/s1. The number of hydrogen-bond donors (Lipinski definition) is 4. The van der Waals surface area contributed by atoms with Gasteiger partial charge in [-0.3, -0.25) is 14.4 Å². The van der Waals surface area contributed by atoms with Crippen LogP contribution in [0.25, 0.3) is 10.9 Å². The maximum atomic E-state index is 13.2. The van der Waals surface area contributed by atoms with Crippen LogP contribution in [0.1, 0.15) is 49.5 Å². The van der Waals surface area contributed by atoms with Crippen molar-refractivity contribution in [2.24, 2.45) is 11.8 Å². The summed E-state index contributed by atoms with van der Waals surface area (Å²) in [6.07, 6.45) is 3.40. The molecular weight excluding hydrogens is 422 g/mol. The highest BCUT2D eigenvalue weighted by Crippen LogP contribution is 2.34. The number of aromatic amines is 1. The van der Waals surface area contributed by atoms with Gasteiger partial charge < -0.3 is 25.7 Å². The zero-order valence-electron chi connectivity index (χ0n) is 18.9. The third-order valence-electron chi connectivity index (χ3n) is 6.44. The summed E-state index contributed by atoms with van der Waals surface area (Å²) in [4.78, 5) is 41.2. The number of nitrogens with one attached hydrogen (secondary N) is 4. The minimum absolute atomic E-state index is 0.0946. The zero-order valence-corrected chi connectivity index (χ0v) is 18.9. The van der Waals surface area contributed by atoms with Crippen LogP contribution in [0, 0.1) is 23.2 Å². The molecule has 2 heterocycles. The van der Waals surface area contributed by atoms with Gasteiger partial charge in [-0.05, 0) is 50.3 Å². The molecule has 1 saturated carbocycles. The lowest BCUT2D eigenvalue weighted by atomic mass is 9.88. The van der Waals surface area contributed by atoms with E-state index in [0.29, 0.717) is 36.7 Å². The normalized spacial score (nSPS) is 20.4. The minimum atomic E-state index is -1.20. The summed E-state index contributed by atoms with van der Waals surface area (Å²) in [5.74, 6) is -0.196. The summed E-state index contributed by atoms with van der Waals surface area (Å²) in [6, 6.07) is 8.57. The Morgan fingerprint density at radius 3 is 2.76 bits per heavy atom. The van der Waals surface area contributed by atoms with Crippen molar-refractivity contribution in [1.82, 2.24) is 20.9 Å². The first kappa shape index (κ1) is 22.6. The third-order valence-corrected chi connectivity index (χ3v) is 6.44. The summed E-state index contributed by atoms with van der Waals surface area (Å²) in [7, 11) is 1.57. The molecule has 174 valence electrons. The maximum Gasteiger partial charge on any atom is 0.268 e. The summed E-state index contributed by atoms with van der Waals surface area (Å²) >= 11 is 0. The second-order valence-electron chi connectivity index (χ2n) is 9.22. The Labute approximate surface area is 192 Å². The zero-order chi connectivity index (χ0) is 23.6. The molecule has 9 nitrogen and oxygen atoms in total. The molecule has 1 aliphatic carbocycles. The van der Waals surface area contributed by atoms with Gasteiger partial charge in [-0.25, -0.2) is 0 Å². The minimum Gasteiger partial charge on any atom is -0.496 e. The Bertz CT molecular complexity index is 1120. The molecule has 33 heavy (non-hydrogen) atoms. The van der Waals surface area contributed by atoms with Gasteiger partial charge in [0, 0.05) is 23.4 Å². The van der Waals surface area contributed by atoms with Crippen molar-refractivity contribution >= 4 is 28.6 Å². The average molecular weight is 452 g/mol. The van der Waals surface area contributed by atoms with Crippen LogP contribution in [0.3, 0.4) is 0 Å². The predicted molar refractivity (Wildman–Crippen MR) is 121 cm³/mol. The van der Waals surface area contributed by atoms with Gasteiger partial charge in [-0.2, -0.15) is 5.26 Å². The molecule has 0 radical (unpaired) electrons. The summed E-state index contributed by atoms with van der Waals surface area (Å²) in [6.45, 7) is 2.20. The molecule has 2 fully saturated rings. The highest BCUT2D eigenvalue weighted by molar-refractivity contribution is 6.01. The van der Waals surface area contributed by atoms with Crippen LogP contribution >= 0.6 is 0 Å². The molecule has 1 aromatic heterocycles. The highest BCUT2D eigenvalue weighted by Gasteiger charge is 2.38. The van der Waals surface area contributed by atoms with Crippen molar-refractivity contribution in [1.29, 1.82) is 5.26 Å². The number of fused-ring (bicyclic) bond motifs is 1. The quantitative estimate of drug-likeness (QED) is 0.462. The number of aromatic nitrogens is 1. The molecule has 3 amide bonds. The van der Waals surface area contributed by atoms with Gasteiger partial charge >= 0.3 is 0 Å². The number of methoxy groups -OCH3 is 1. The Balaban J connectivity index is 1.48. The lowest BCUT2D eigenvalue weighted by molar-refractivity contribution is -0.126. The number of hydrogen-bond acceptors (Lipinski definition) is 5. The highest BCUT2D eigenvalue weighted by atomic mass is 16.5. The lowest BCUT2D eigenvalue weighted by Crippen LogP contribution is -2.55. The molecule has 1 aliphatic heterocycles. The topological polar surface area (TPSA) is 136 Å². The number of ether oxygens (including phenoxy) is 1. The number of carbonyl (C=O) groups is 3. The van der Waals surface area contributed by atoms with Crippen LogP contribution in [0.4, 0.5) is 0 Å². The number of rotatable bonds is 9. The van der Waals surface area contributed by atoms with Gasteiger partial charge in [0.2, 0.25) is 11.8 Å². The van der Waals surface area contributed by atoms with Crippen LogP contribution in [0.15, 0.2) is 24.3 Å². The first-order valence-corrected chi connectivity index (χ1v) is 11.3. The molecule has 0 spiro atoms. The van der Waals surface area contributed by atoms with Gasteiger partial charge in [0.25, 0.3) is 5.91 Å². The molecule has 2 aromatic rings. The largest absolute Gasteiger partial charge is 0.496 e. The average Bonchev–Trinajstić information content (AvgIpc) is 3.36. The molecule has 1 saturated heterocycles. The Hall–Kier alpha value is -3.54. The van der Waals surface area contributed by atoms with Gasteiger partial charge in [0.05, 0.1) is 13.2 Å². The fourth-order valence-corrected chi connectivity index (χ4v) is 4.40. The number of nitrogens with zero attached hydrogens (tertiary/aromatic N) is 1. The number of carbonyl (C=O) groups excluding carboxylic acids is 3. The molecule has 4 N–H and O–H groups in total.